The van der Waals surface area contributed by atoms with Crippen LogP contribution in [0, 0.1) is 11.3 Å². The van der Waals surface area contributed by atoms with E-state index in [0.717, 1.165) is 43.4 Å². The van der Waals surface area contributed by atoms with Crippen molar-refractivity contribution in [2.24, 2.45) is 0 Å². The number of fused-ring (bicyclic) bond motifs is 1. The quantitative estimate of drug-likeness (QED) is 0.921. The molecule has 1 N–H and O–H groups in total. The van der Waals surface area contributed by atoms with E-state index in [1.165, 1.54) is 0 Å². The van der Waals surface area contributed by atoms with E-state index in [9.17, 15) is 14.4 Å². The van der Waals surface area contributed by atoms with Crippen LogP contribution in [0.4, 0.5) is 10.2 Å². The van der Waals surface area contributed by atoms with Gasteiger partial charge >= 0.3 is 0 Å². The second-order valence-electron chi connectivity index (χ2n) is 6.82. The van der Waals surface area contributed by atoms with Gasteiger partial charge in [0, 0.05) is 24.7 Å². The summed E-state index contributed by atoms with van der Waals surface area (Å²) in [7, 11) is 0. The molecule has 0 spiro atoms. The number of hydrogen-bond donors (Lipinski definition) is 1. The van der Waals surface area contributed by atoms with E-state index in [1.807, 2.05) is 6.07 Å². The van der Waals surface area contributed by atoms with Crippen molar-refractivity contribution in [3.05, 3.63) is 22.9 Å². The summed E-state index contributed by atoms with van der Waals surface area (Å²) < 4.78 is 15.0. The van der Waals surface area contributed by atoms with Gasteiger partial charge in [0.05, 0.1) is 12.1 Å². The fourth-order valence-electron chi connectivity index (χ4n) is 3.47. The minimum absolute atomic E-state index is 0.0218. The fraction of sp³-hybridized carbons (Fsp3) is 0.588. The highest BCUT2D eigenvalue weighted by atomic mass is 19.1. The lowest BCUT2D eigenvalue weighted by Gasteiger charge is -2.22. The number of carbonyl (C=O) groups is 1. The van der Waals surface area contributed by atoms with Crippen molar-refractivity contribution in [2.75, 3.05) is 18.0 Å². The average Bonchev–Trinajstić information content (AvgIpc) is 3.09. The maximum atomic E-state index is 15.0. The van der Waals surface area contributed by atoms with Crippen LogP contribution in [0.3, 0.4) is 0 Å². The predicted molar refractivity (Wildman–Crippen MR) is 82.8 cm³/mol. The summed E-state index contributed by atoms with van der Waals surface area (Å²) in [4.78, 5) is 18.5. The number of nitrogens with one attached hydrogen (secondary N) is 1. The van der Waals surface area contributed by atoms with Gasteiger partial charge in [0.2, 0.25) is 5.67 Å². The summed E-state index contributed by atoms with van der Waals surface area (Å²) in [6.07, 6.45) is 4.94. The minimum Gasteiger partial charge on any atom is -0.352 e. The zero-order valence-electron chi connectivity index (χ0n) is 12.9. The first kappa shape index (κ1) is 14.4. The number of aryl methyl sites for hydroxylation is 2. The van der Waals surface area contributed by atoms with E-state index >= 15 is 0 Å². The molecule has 0 bridgehead atoms. The number of rotatable bonds is 3. The Morgan fingerprint density at radius 2 is 2.30 bits per heavy atom. The number of halogens is 1. The summed E-state index contributed by atoms with van der Waals surface area (Å²) >= 11 is 0. The van der Waals surface area contributed by atoms with E-state index in [4.69, 9.17) is 0 Å². The van der Waals surface area contributed by atoms with Crippen molar-refractivity contribution >= 4 is 11.7 Å². The maximum absolute atomic E-state index is 15.0. The molecule has 1 amide bonds. The fourth-order valence-corrected chi connectivity index (χ4v) is 3.47. The molecular weight excluding hydrogens is 295 g/mol. The Balaban J connectivity index is 1.57. The summed E-state index contributed by atoms with van der Waals surface area (Å²) in [6.45, 7) is 0.390. The predicted octanol–water partition coefficient (Wildman–Crippen LogP) is 1.64. The molecule has 4 rings (SSSR count). The first-order valence-corrected chi connectivity index (χ1v) is 8.27. The molecule has 0 radical (unpaired) electrons. The number of alkyl halides is 1. The molecular formula is C17H19FN4O. The first-order chi connectivity index (χ1) is 11.1. The van der Waals surface area contributed by atoms with Gasteiger partial charge in [-0.05, 0) is 43.7 Å². The molecule has 2 aliphatic carbocycles. The second-order valence-corrected chi connectivity index (χ2v) is 6.82. The number of pyridine rings is 1. The Hall–Kier alpha value is -2.16. The molecule has 2 heterocycles. The van der Waals surface area contributed by atoms with E-state index < -0.39 is 11.6 Å². The van der Waals surface area contributed by atoms with Crippen molar-refractivity contribution in [1.29, 1.82) is 5.26 Å². The Labute approximate surface area is 134 Å². The molecule has 6 heteroatoms. The van der Waals surface area contributed by atoms with Crippen molar-refractivity contribution in [1.82, 2.24) is 10.3 Å². The van der Waals surface area contributed by atoms with Crippen LogP contribution in [-0.2, 0) is 17.6 Å². The molecule has 2 fully saturated rings. The molecule has 5 nitrogen and oxygen atoms in total. The molecule has 0 aromatic carbocycles. The monoisotopic (exact) mass is 314 g/mol. The van der Waals surface area contributed by atoms with E-state index in [0.29, 0.717) is 17.9 Å². The van der Waals surface area contributed by atoms with E-state index in [-0.39, 0.29) is 19.0 Å². The van der Waals surface area contributed by atoms with Crippen molar-refractivity contribution < 1.29 is 9.18 Å². The number of amides is 1. The van der Waals surface area contributed by atoms with E-state index in [1.54, 1.807) is 4.90 Å². The maximum Gasteiger partial charge on any atom is 0.259 e. The SMILES string of the molecule is N#Cc1cc2c(nc1N1CCC(F)(C(=O)NC3CC3)C1)CCC2. The van der Waals surface area contributed by atoms with Gasteiger partial charge in [-0.3, -0.25) is 4.79 Å². The van der Waals surface area contributed by atoms with Gasteiger partial charge in [0.15, 0.2) is 0 Å². The summed E-state index contributed by atoms with van der Waals surface area (Å²) in [6, 6.07) is 4.21. The summed E-state index contributed by atoms with van der Waals surface area (Å²) in [5, 5.41) is 12.1. The number of nitriles is 1. The Bertz CT molecular complexity index is 709. The van der Waals surface area contributed by atoms with Gasteiger partial charge in [-0.2, -0.15) is 5.26 Å². The van der Waals surface area contributed by atoms with Gasteiger partial charge in [-0.1, -0.05) is 0 Å². The van der Waals surface area contributed by atoms with Gasteiger partial charge in [0.25, 0.3) is 5.91 Å². The first-order valence-electron chi connectivity index (χ1n) is 8.27. The number of nitrogens with zero attached hydrogens (tertiary/aromatic N) is 3. The van der Waals surface area contributed by atoms with Crippen LogP contribution in [0.1, 0.15) is 42.5 Å². The van der Waals surface area contributed by atoms with Crippen LogP contribution in [0.5, 0.6) is 0 Å². The van der Waals surface area contributed by atoms with E-state index in [2.05, 4.69) is 16.4 Å². The van der Waals surface area contributed by atoms with Crippen LogP contribution in [0.2, 0.25) is 0 Å². The lowest BCUT2D eigenvalue weighted by Crippen LogP contribution is -2.46. The largest absolute Gasteiger partial charge is 0.352 e. The number of hydrogen-bond acceptors (Lipinski definition) is 4. The standard InChI is InChI=1S/C17H19FN4O/c18-17(16(23)20-13-4-5-13)6-7-22(10-17)15-12(9-19)8-11-2-1-3-14(11)21-15/h8,13H,1-7,10H2,(H,20,23). The molecule has 1 saturated heterocycles. The lowest BCUT2D eigenvalue weighted by molar-refractivity contribution is -0.131. The Morgan fingerprint density at radius 1 is 1.48 bits per heavy atom. The zero-order valence-corrected chi connectivity index (χ0v) is 12.9. The molecule has 23 heavy (non-hydrogen) atoms. The number of carbonyl (C=O) groups excluding carboxylic acids is 1. The van der Waals surface area contributed by atoms with Crippen molar-refractivity contribution in [2.45, 2.75) is 50.2 Å². The third-order valence-electron chi connectivity index (χ3n) is 4.99. The topological polar surface area (TPSA) is 69.0 Å². The smallest absolute Gasteiger partial charge is 0.259 e. The Morgan fingerprint density at radius 3 is 3.04 bits per heavy atom. The number of anilines is 1. The highest BCUT2D eigenvalue weighted by Crippen LogP contribution is 2.34. The molecule has 1 aromatic rings. The minimum atomic E-state index is -1.88. The summed E-state index contributed by atoms with van der Waals surface area (Å²) in [5.74, 6) is 0.0223. The van der Waals surface area contributed by atoms with Gasteiger partial charge in [0.1, 0.15) is 11.9 Å². The highest BCUT2D eigenvalue weighted by molar-refractivity contribution is 5.87. The molecule has 1 aliphatic heterocycles. The molecule has 3 aliphatic rings. The highest BCUT2D eigenvalue weighted by Gasteiger charge is 2.47. The summed E-state index contributed by atoms with van der Waals surface area (Å²) in [5.41, 5.74) is 0.744. The van der Waals surface area contributed by atoms with Crippen LogP contribution in [0.25, 0.3) is 0 Å². The van der Waals surface area contributed by atoms with Gasteiger partial charge in [-0.15, -0.1) is 0 Å². The van der Waals surface area contributed by atoms with Crippen LogP contribution < -0.4 is 10.2 Å². The van der Waals surface area contributed by atoms with Crippen LogP contribution in [-0.4, -0.2) is 35.7 Å². The average molecular weight is 314 g/mol. The van der Waals surface area contributed by atoms with Crippen LogP contribution >= 0.6 is 0 Å². The molecule has 1 saturated carbocycles. The number of aromatic nitrogens is 1. The molecule has 120 valence electrons. The van der Waals surface area contributed by atoms with Gasteiger partial charge in [-0.25, -0.2) is 9.37 Å². The normalized spacial score (nSPS) is 26.0. The molecule has 1 aromatic heterocycles. The second kappa shape index (κ2) is 5.19. The van der Waals surface area contributed by atoms with Crippen LogP contribution in [0.15, 0.2) is 6.07 Å². The zero-order chi connectivity index (χ0) is 16.0. The Kier molecular flexibility index (Phi) is 3.26. The third kappa shape index (κ3) is 2.54. The molecule has 1 atom stereocenters. The third-order valence-corrected chi connectivity index (χ3v) is 4.99. The lowest BCUT2D eigenvalue weighted by atomic mass is 10.0. The molecule has 1 unspecified atom stereocenters. The van der Waals surface area contributed by atoms with Gasteiger partial charge < -0.3 is 10.2 Å². The van der Waals surface area contributed by atoms with Crippen molar-refractivity contribution in [3.8, 4) is 6.07 Å². The van der Waals surface area contributed by atoms with Crippen molar-refractivity contribution in [3.63, 3.8) is 0 Å².